The smallest absolute Gasteiger partial charge is 0.0758 e. The van der Waals surface area contributed by atoms with Crippen molar-refractivity contribution in [1.82, 2.24) is 0 Å². The summed E-state index contributed by atoms with van der Waals surface area (Å²) in [4.78, 5) is 0. The van der Waals surface area contributed by atoms with Crippen LogP contribution in [-0.2, 0) is 0 Å². The monoisotopic (exact) mass is 306 g/mol. The normalized spacial score (nSPS) is 29.3. The van der Waals surface area contributed by atoms with E-state index in [0.29, 0.717) is 3.74 Å². The summed E-state index contributed by atoms with van der Waals surface area (Å²) < 4.78 is 0.503. The molecule has 0 bridgehead atoms. The molecule has 0 nitrogen and oxygen atoms in total. The molecule has 0 aliphatic heterocycles. The van der Waals surface area contributed by atoms with Crippen molar-refractivity contribution >= 4 is 31.9 Å². The summed E-state index contributed by atoms with van der Waals surface area (Å²) in [7, 11) is 0. The Balaban J connectivity index is 2.20. The van der Waals surface area contributed by atoms with Gasteiger partial charge in [-0.15, -0.1) is 0 Å². The van der Waals surface area contributed by atoms with E-state index in [0.717, 1.165) is 5.92 Å². The molecule has 2 aliphatic rings. The van der Waals surface area contributed by atoms with Crippen molar-refractivity contribution in [2.45, 2.75) is 48.7 Å². The molecule has 1 unspecified atom stereocenters. The highest BCUT2D eigenvalue weighted by atomic mass is 79.9. The number of hydrogen-bond acceptors (Lipinski definition) is 0. The first-order valence-corrected chi connectivity index (χ1v) is 7.11. The topological polar surface area (TPSA) is 0 Å². The van der Waals surface area contributed by atoms with Gasteiger partial charge in [-0.2, -0.15) is 0 Å². The molecule has 0 radical (unpaired) electrons. The number of alkyl halides is 2. The molecule has 13 heavy (non-hydrogen) atoms. The minimum Gasteiger partial charge on any atom is -0.0758 e. The molecule has 74 valence electrons. The second-order valence-corrected chi connectivity index (χ2v) is 7.37. The van der Waals surface area contributed by atoms with Gasteiger partial charge in [0.2, 0.25) is 0 Å². The fraction of sp³-hybridized carbons (Fsp3) is 0.818. The standard InChI is InChI=1S/C11H16Br2/c12-11(13)10-7-3-5-8-4-1-2-6-9(8)10/h10-11H,1-7H2. The average molecular weight is 308 g/mol. The van der Waals surface area contributed by atoms with Gasteiger partial charge in [-0.1, -0.05) is 43.0 Å². The van der Waals surface area contributed by atoms with Gasteiger partial charge in [0.05, 0.1) is 3.74 Å². The highest BCUT2D eigenvalue weighted by molar-refractivity contribution is 9.24. The quantitative estimate of drug-likeness (QED) is 0.483. The van der Waals surface area contributed by atoms with E-state index in [1.165, 1.54) is 44.9 Å². The molecule has 0 saturated heterocycles. The molecule has 0 heterocycles. The summed E-state index contributed by atoms with van der Waals surface area (Å²) in [5.41, 5.74) is 3.59. The Hall–Kier alpha value is 0.700. The van der Waals surface area contributed by atoms with Crippen LogP contribution in [0.2, 0.25) is 0 Å². The van der Waals surface area contributed by atoms with Crippen LogP contribution >= 0.6 is 31.9 Å². The van der Waals surface area contributed by atoms with Crippen molar-refractivity contribution in [2.24, 2.45) is 5.92 Å². The van der Waals surface area contributed by atoms with Gasteiger partial charge in [0.15, 0.2) is 0 Å². The van der Waals surface area contributed by atoms with Crippen LogP contribution in [0.1, 0.15) is 44.9 Å². The van der Waals surface area contributed by atoms with Crippen molar-refractivity contribution < 1.29 is 0 Å². The Morgan fingerprint density at radius 1 is 1.00 bits per heavy atom. The number of allylic oxidation sites excluding steroid dienone is 2. The predicted octanol–water partition coefficient (Wildman–Crippen LogP) is 4.77. The third-order valence-corrected chi connectivity index (χ3v) is 4.65. The van der Waals surface area contributed by atoms with E-state index < -0.39 is 0 Å². The van der Waals surface area contributed by atoms with E-state index >= 15 is 0 Å². The summed E-state index contributed by atoms with van der Waals surface area (Å²) in [6, 6.07) is 0. The first-order chi connectivity index (χ1) is 6.29. The molecule has 2 rings (SSSR count). The summed E-state index contributed by atoms with van der Waals surface area (Å²) in [6.45, 7) is 0. The number of halogens is 2. The van der Waals surface area contributed by atoms with Crippen molar-refractivity contribution in [3.63, 3.8) is 0 Å². The molecule has 1 atom stereocenters. The lowest BCUT2D eigenvalue weighted by Gasteiger charge is -2.33. The molecular weight excluding hydrogens is 292 g/mol. The molecule has 2 aliphatic carbocycles. The summed E-state index contributed by atoms with van der Waals surface area (Å²) in [6.07, 6.45) is 9.77. The minimum absolute atomic E-state index is 0.503. The van der Waals surface area contributed by atoms with Crippen LogP contribution in [0, 0.1) is 5.92 Å². The molecule has 0 amide bonds. The maximum atomic E-state index is 3.68. The molecule has 0 aromatic heterocycles. The zero-order valence-corrected chi connectivity index (χ0v) is 11.0. The fourth-order valence-electron chi connectivity index (χ4n) is 2.71. The van der Waals surface area contributed by atoms with Gasteiger partial charge in [-0.25, -0.2) is 0 Å². The highest BCUT2D eigenvalue weighted by Crippen LogP contribution is 2.43. The third kappa shape index (κ3) is 2.20. The number of rotatable bonds is 1. The van der Waals surface area contributed by atoms with Crippen LogP contribution in [0.4, 0.5) is 0 Å². The van der Waals surface area contributed by atoms with Gasteiger partial charge in [0, 0.05) is 5.92 Å². The molecule has 2 heteroatoms. The van der Waals surface area contributed by atoms with Gasteiger partial charge < -0.3 is 0 Å². The first kappa shape index (κ1) is 10.2. The molecule has 0 fully saturated rings. The SMILES string of the molecule is BrC(Br)C1CCCC2=C1CCCC2. The second kappa shape index (κ2) is 4.48. The lowest BCUT2D eigenvalue weighted by atomic mass is 9.77. The van der Waals surface area contributed by atoms with Crippen molar-refractivity contribution in [3.05, 3.63) is 11.1 Å². The Bertz CT molecular complexity index is 214. The maximum absolute atomic E-state index is 3.68. The molecule has 0 N–H and O–H groups in total. The molecule has 0 saturated carbocycles. The van der Waals surface area contributed by atoms with Gasteiger partial charge in [0.25, 0.3) is 0 Å². The van der Waals surface area contributed by atoms with Crippen LogP contribution < -0.4 is 0 Å². The summed E-state index contributed by atoms with van der Waals surface area (Å²) >= 11 is 7.36. The van der Waals surface area contributed by atoms with Crippen LogP contribution in [0.5, 0.6) is 0 Å². The van der Waals surface area contributed by atoms with E-state index in [1.807, 2.05) is 0 Å². The van der Waals surface area contributed by atoms with Gasteiger partial charge >= 0.3 is 0 Å². The number of hydrogen-bond donors (Lipinski definition) is 0. The lowest BCUT2D eigenvalue weighted by molar-refractivity contribution is 0.470. The van der Waals surface area contributed by atoms with Crippen LogP contribution in [0.25, 0.3) is 0 Å². The van der Waals surface area contributed by atoms with E-state index in [2.05, 4.69) is 31.9 Å². The highest BCUT2D eigenvalue weighted by Gasteiger charge is 2.28. The van der Waals surface area contributed by atoms with Crippen molar-refractivity contribution in [3.8, 4) is 0 Å². The van der Waals surface area contributed by atoms with E-state index in [1.54, 1.807) is 11.1 Å². The Morgan fingerprint density at radius 2 is 1.69 bits per heavy atom. The Morgan fingerprint density at radius 3 is 2.46 bits per heavy atom. The van der Waals surface area contributed by atoms with Crippen LogP contribution in [0.3, 0.4) is 0 Å². The third-order valence-electron chi connectivity index (χ3n) is 3.37. The van der Waals surface area contributed by atoms with Gasteiger partial charge in [-0.3, -0.25) is 0 Å². The van der Waals surface area contributed by atoms with E-state index in [9.17, 15) is 0 Å². The summed E-state index contributed by atoms with van der Waals surface area (Å²) in [5, 5.41) is 0. The Kier molecular flexibility index (Phi) is 3.52. The van der Waals surface area contributed by atoms with E-state index in [4.69, 9.17) is 0 Å². The van der Waals surface area contributed by atoms with Crippen LogP contribution in [-0.4, -0.2) is 3.74 Å². The lowest BCUT2D eigenvalue weighted by Crippen LogP contribution is -2.20. The Labute approximate surface area is 97.4 Å². The molecule has 0 aromatic carbocycles. The fourth-order valence-corrected chi connectivity index (χ4v) is 3.88. The predicted molar refractivity (Wildman–Crippen MR) is 64.5 cm³/mol. The zero-order valence-electron chi connectivity index (χ0n) is 7.86. The first-order valence-electron chi connectivity index (χ1n) is 5.28. The minimum atomic E-state index is 0.503. The summed E-state index contributed by atoms with van der Waals surface area (Å²) in [5.74, 6) is 0.782. The van der Waals surface area contributed by atoms with Crippen LogP contribution in [0.15, 0.2) is 11.1 Å². The molecule has 0 aromatic rings. The molecular formula is C11H16Br2. The van der Waals surface area contributed by atoms with E-state index in [-0.39, 0.29) is 0 Å². The second-order valence-electron chi connectivity index (χ2n) is 4.17. The molecule has 0 spiro atoms. The van der Waals surface area contributed by atoms with Gasteiger partial charge in [0.1, 0.15) is 0 Å². The average Bonchev–Trinajstić information content (AvgIpc) is 2.17. The van der Waals surface area contributed by atoms with Crippen molar-refractivity contribution in [1.29, 1.82) is 0 Å². The maximum Gasteiger partial charge on any atom is 0.0763 e. The van der Waals surface area contributed by atoms with Gasteiger partial charge in [-0.05, 0) is 44.9 Å². The largest absolute Gasteiger partial charge is 0.0763 e. The van der Waals surface area contributed by atoms with Crippen molar-refractivity contribution in [2.75, 3.05) is 0 Å². The zero-order chi connectivity index (χ0) is 9.26.